The van der Waals surface area contributed by atoms with Crippen molar-refractivity contribution in [1.29, 1.82) is 0 Å². The number of aliphatic carboxylic acids is 1. The number of carbonyl (C=O) groups excluding carboxylic acids is 1. The highest BCUT2D eigenvalue weighted by molar-refractivity contribution is 5.79. The van der Waals surface area contributed by atoms with Gasteiger partial charge in [-0.25, -0.2) is 0 Å². The zero-order valence-electron chi connectivity index (χ0n) is 16.9. The summed E-state index contributed by atoms with van der Waals surface area (Å²) < 4.78 is 11.8. The molecule has 160 valence electrons. The summed E-state index contributed by atoms with van der Waals surface area (Å²) in [6.07, 6.45) is 2.20. The first-order valence-electron chi connectivity index (χ1n) is 10.3. The minimum atomic E-state index is -1.12. The van der Waals surface area contributed by atoms with E-state index in [2.05, 4.69) is 4.90 Å². The highest BCUT2D eigenvalue weighted by Gasteiger charge is 2.72. The Bertz CT molecular complexity index is 988. The number of hydrogen-bond acceptors (Lipinski definition) is 7. The third kappa shape index (κ3) is 2.29. The van der Waals surface area contributed by atoms with Crippen LogP contribution in [0.5, 0.6) is 11.5 Å². The number of aromatic hydroxyl groups is 1. The number of ether oxygens (including phenoxy) is 2. The standard InChI is InChI=1S/C22H25NO7/c1-11(20(26)27)9-16(25)29-14-5-6-22(28)15-10-12-3-4-13(24)18-17(12)21(22,19(14)30-18)7-8-23(15)2/h3-5,11,15,19,24,28H,6-10H2,1-2H3,(H,26,27)/t11-,15-,19?,21?,22-/m1/s1. The summed E-state index contributed by atoms with van der Waals surface area (Å²) in [6, 6.07) is 3.36. The van der Waals surface area contributed by atoms with Gasteiger partial charge in [0.1, 0.15) is 5.76 Å². The topological polar surface area (TPSA) is 117 Å². The minimum Gasteiger partial charge on any atom is -0.504 e. The summed E-state index contributed by atoms with van der Waals surface area (Å²) >= 11 is 0. The number of piperidine rings is 1. The van der Waals surface area contributed by atoms with Crippen LogP contribution in [0.3, 0.4) is 0 Å². The number of phenolic OH excluding ortho intramolecular Hbond substituents is 1. The first kappa shape index (κ1) is 19.4. The van der Waals surface area contributed by atoms with E-state index in [1.54, 1.807) is 12.1 Å². The van der Waals surface area contributed by atoms with Crippen molar-refractivity contribution in [2.45, 2.75) is 55.8 Å². The monoisotopic (exact) mass is 415 g/mol. The Hall–Kier alpha value is -2.58. The van der Waals surface area contributed by atoms with E-state index in [1.165, 1.54) is 6.92 Å². The van der Waals surface area contributed by atoms with Crippen LogP contribution in [0.25, 0.3) is 0 Å². The Labute approximate surface area is 173 Å². The molecule has 2 aliphatic heterocycles. The van der Waals surface area contributed by atoms with Gasteiger partial charge in [-0.05, 0) is 44.1 Å². The molecule has 0 aromatic heterocycles. The van der Waals surface area contributed by atoms with E-state index in [-0.39, 0.29) is 30.4 Å². The van der Waals surface area contributed by atoms with E-state index in [4.69, 9.17) is 14.6 Å². The number of carboxylic acids is 1. The molecule has 5 rings (SSSR count). The zero-order chi connectivity index (χ0) is 21.4. The normalized spacial score (nSPS) is 34.4. The van der Waals surface area contributed by atoms with Crippen molar-refractivity contribution in [3.05, 3.63) is 35.1 Å². The predicted octanol–water partition coefficient (Wildman–Crippen LogP) is 1.32. The molecule has 0 saturated carbocycles. The fourth-order valence-corrected chi connectivity index (χ4v) is 5.95. The lowest BCUT2D eigenvalue weighted by molar-refractivity contribution is -0.170. The lowest BCUT2D eigenvalue weighted by Gasteiger charge is -2.61. The van der Waals surface area contributed by atoms with E-state index < -0.39 is 35.0 Å². The molecule has 1 aromatic carbocycles. The molecule has 2 bridgehead atoms. The van der Waals surface area contributed by atoms with Crippen LogP contribution in [0.15, 0.2) is 24.0 Å². The third-order valence-corrected chi connectivity index (χ3v) is 7.48. The number of nitrogens with zero attached hydrogens (tertiary/aromatic N) is 1. The fraction of sp³-hybridized carbons (Fsp3) is 0.545. The number of aliphatic hydroxyl groups is 1. The minimum absolute atomic E-state index is 0.00225. The lowest BCUT2D eigenvalue weighted by atomic mass is 9.50. The molecule has 3 N–H and O–H groups in total. The van der Waals surface area contributed by atoms with Crippen LogP contribution in [0.1, 0.15) is 37.3 Å². The van der Waals surface area contributed by atoms with Crippen molar-refractivity contribution < 1.29 is 34.4 Å². The van der Waals surface area contributed by atoms with Crippen molar-refractivity contribution in [3.8, 4) is 11.5 Å². The largest absolute Gasteiger partial charge is 0.504 e. The molecule has 0 amide bonds. The van der Waals surface area contributed by atoms with Gasteiger partial charge in [0.2, 0.25) is 0 Å². The fourth-order valence-electron chi connectivity index (χ4n) is 5.95. The number of carbonyl (C=O) groups is 2. The second-order valence-electron chi connectivity index (χ2n) is 9.02. The van der Waals surface area contributed by atoms with E-state index in [9.17, 15) is 19.8 Å². The Morgan fingerprint density at radius 3 is 2.90 bits per heavy atom. The van der Waals surface area contributed by atoms with Gasteiger partial charge in [-0.2, -0.15) is 0 Å². The molecule has 1 aromatic rings. The quantitative estimate of drug-likeness (QED) is 0.631. The molecule has 5 atom stereocenters. The number of carboxylic acid groups (broad SMARTS) is 1. The van der Waals surface area contributed by atoms with Gasteiger partial charge >= 0.3 is 11.9 Å². The molecule has 2 aliphatic carbocycles. The Balaban J connectivity index is 1.58. The van der Waals surface area contributed by atoms with Crippen molar-refractivity contribution in [2.24, 2.45) is 5.92 Å². The molecule has 8 nitrogen and oxygen atoms in total. The number of hydrogen-bond donors (Lipinski definition) is 3. The van der Waals surface area contributed by atoms with Gasteiger partial charge < -0.3 is 29.7 Å². The van der Waals surface area contributed by atoms with Gasteiger partial charge in [0.05, 0.1) is 23.4 Å². The summed E-state index contributed by atoms with van der Waals surface area (Å²) in [5.41, 5.74) is -0.103. The Kier molecular flexibility index (Phi) is 4.02. The maximum Gasteiger partial charge on any atom is 0.311 e. The number of esters is 1. The second kappa shape index (κ2) is 6.21. The van der Waals surface area contributed by atoms with Crippen molar-refractivity contribution in [3.63, 3.8) is 0 Å². The van der Waals surface area contributed by atoms with Gasteiger partial charge in [0.15, 0.2) is 17.6 Å². The second-order valence-corrected chi connectivity index (χ2v) is 9.02. The SMILES string of the molecule is C[C@H](CC(=O)OC1=CC[C@@]2(O)[C@H]3Cc4ccc(O)c5c4C2(CCN3C)C1O5)C(=O)O. The lowest BCUT2D eigenvalue weighted by Crippen LogP contribution is -2.74. The van der Waals surface area contributed by atoms with Crippen molar-refractivity contribution in [1.82, 2.24) is 4.90 Å². The maximum atomic E-state index is 12.4. The first-order chi connectivity index (χ1) is 14.2. The van der Waals surface area contributed by atoms with E-state index in [1.807, 2.05) is 13.1 Å². The average Bonchev–Trinajstić information content (AvgIpc) is 3.04. The number of likely N-dealkylation sites (N-methyl/N-ethyl adjacent to an activating group) is 1. The molecule has 1 spiro atoms. The molecule has 1 saturated heterocycles. The van der Waals surface area contributed by atoms with Crippen LogP contribution in [0.2, 0.25) is 0 Å². The van der Waals surface area contributed by atoms with Crippen LogP contribution >= 0.6 is 0 Å². The highest BCUT2D eigenvalue weighted by atomic mass is 16.6. The Morgan fingerprint density at radius 1 is 1.40 bits per heavy atom. The molecule has 1 fully saturated rings. The number of rotatable bonds is 4. The molecule has 2 unspecified atom stereocenters. The molecular weight excluding hydrogens is 390 g/mol. The molecule has 2 heterocycles. The summed E-state index contributed by atoms with van der Waals surface area (Å²) in [4.78, 5) is 25.7. The molecule has 8 heteroatoms. The molecule has 0 radical (unpaired) electrons. The summed E-state index contributed by atoms with van der Waals surface area (Å²) in [7, 11) is 2.00. The zero-order valence-corrected chi connectivity index (χ0v) is 16.9. The molecule has 4 aliphatic rings. The third-order valence-electron chi connectivity index (χ3n) is 7.48. The Morgan fingerprint density at radius 2 is 2.17 bits per heavy atom. The molecular formula is C22H25NO7. The van der Waals surface area contributed by atoms with Gasteiger partial charge in [-0.15, -0.1) is 0 Å². The first-order valence-corrected chi connectivity index (χ1v) is 10.3. The highest BCUT2D eigenvalue weighted by Crippen LogP contribution is 2.65. The summed E-state index contributed by atoms with van der Waals surface area (Å²) in [6.45, 7) is 2.18. The van der Waals surface area contributed by atoms with Crippen LogP contribution in [-0.2, 0) is 26.2 Å². The van der Waals surface area contributed by atoms with Crippen LogP contribution in [0.4, 0.5) is 0 Å². The van der Waals surface area contributed by atoms with Gasteiger partial charge in [0.25, 0.3) is 0 Å². The van der Waals surface area contributed by atoms with Crippen LogP contribution in [0, 0.1) is 5.92 Å². The van der Waals surface area contributed by atoms with Gasteiger partial charge in [0, 0.05) is 18.0 Å². The molecule has 30 heavy (non-hydrogen) atoms. The van der Waals surface area contributed by atoms with Crippen molar-refractivity contribution >= 4 is 11.9 Å². The summed E-state index contributed by atoms with van der Waals surface area (Å²) in [5, 5.41) is 31.5. The predicted molar refractivity (Wildman–Crippen MR) is 104 cm³/mol. The number of benzene rings is 1. The summed E-state index contributed by atoms with van der Waals surface area (Å²) in [5.74, 6) is -1.95. The number of likely N-dealkylation sites (tertiary alicyclic amines) is 1. The smallest absolute Gasteiger partial charge is 0.311 e. The van der Waals surface area contributed by atoms with Crippen LogP contribution < -0.4 is 4.74 Å². The number of phenols is 1. The van der Waals surface area contributed by atoms with Gasteiger partial charge in [-0.1, -0.05) is 13.0 Å². The maximum absolute atomic E-state index is 12.4. The van der Waals surface area contributed by atoms with E-state index in [0.717, 1.165) is 17.7 Å². The van der Waals surface area contributed by atoms with Crippen LogP contribution in [-0.4, -0.2) is 63.5 Å². The van der Waals surface area contributed by atoms with Gasteiger partial charge in [-0.3, -0.25) is 9.59 Å². The van der Waals surface area contributed by atoms with E-state index in [0.29, 0.717) is 18.6 Å². The average molecular weight is 415 g/mol. The van der Waals surface area contributed by atoms with E-state index >= 15 is 0 Å². The van der Waals surface area contributed by atoms with Crippen molar-refractivity contribution in [2.75, 3.05) is 13.6 Å².